The molecule has 0 saturated heterocycles. The minimum Gasteiger partial charge on any atom is -0.0654 e. The van der Waals surface area contributed by atoms with Crippen LogP contribution in [0.3, 0.4) is 0 Å². The Hall–Kier alpha value is -2.78. The molecule has 0 N–H and O–H groups in total. The topological polar surface area (TPSA) is 0 Å². The normalized spacial score (nSPS) is 10.3. The van der Waals surface area contributed by atoms with Gasteiger partial charge in [-0.3, -0.25) is 0 Å². The Morgan fingerprint density at radius 1 is 0.741 bits per heavy atom. The number of aryl methyl sites for hydroxylation is 2. The van der Waals surface area contributed by atoms with Gasteiger partial charge in [0.05, 0.1) is 0 Å². The Morgan fingerprint density at radius 3 is 2.15 bits per heavy atom. The van der Waals surface area contributed by atoms with E-state index in [0.717, 1.165) is 12.0 Å². The Labute approximate surface area is 164 Å². The van der Waals surface area contributed by atoms with E-state index in [-0.39, 0.29) is 0 Å². The van der Waals surface area contributed by atoms with Crippen LogP contribution in [0.2, 0.25) is 0 Å². The van der Waals surface area contributed by atoms with Crippen LogP contribution in [0.15, 0.2) is 72.8 Å². The zero-order chi connectivity index (χ0) is 18.9. The second-order valence-corrected chi connectivity index (χ2v) is 7.14. The van der Waals surface area contributed by atoms with Gasteiger partial charge >= 0.3 is 0 Å². The summed E-state index contributed by atoms with van der Waals surface area (Å²) in [5.74, 6) is 6.90. The van der Waals surface area contributed by atoms with Crippen molar-refractivity contribution in [1.82, 2.24) is 0 Å². The maximum absolute atomic E-state index is 3.51. The highest BCUT2D eigenvalue weighted by Crippen LogP contribution is 2.28. The van der Waals surface area contributed by atoms with Gasteiger partial charge in [-0.25, -0.2) is 0 Å². The maximum atomic E-state index is 3.51. The van der Waals surface area contributed by atoms with E-state index in [9.17, 15) is 0 Å². The Morgan fingerprint density at radius 2 is 1.44 bits per heavy atom. The zero-order valence-corrected chi connectivity index (χ0v) is 16.5. The van der Waals surface area contributed by atoms with E-state index >= 15 is 0 Å². The Kier molecular flexibility index (Phi) is 6.89. The fourth-order valence-corrected chi connectivity index (χ4v) is 3.45. The second kappa shape index (κ2) is 9.79. The van der Waals surface area contributed by atoms with Gasteiger partial charge in [0.1, 0.15) is 0 Å². The molecule has 0 nitrogen and oxygen atoms in total. The third kappa shape index (κ3) is 5.35. The lowest BCUT2D eigenvalue weighted by molar-refractivity contribution is 0.666. The van der Waals surface area contributed by atoms with E-state index in [1.165, 1.54) is 53.5 Å². The molecule has 3 aromatic carbocycles. The summed E-state index contributed by atoms with van der Waals surface area (Å²) >= 11 is 0. The lowest BCUT2D eigenvalue weighted by Crippen LogP contribution is -1.97. The van der Waals surface area contributed by atoms with Gasteiger partial charge in [-0.1, -0.05) is 104 Å². The van der Waals surface area contributed by atoms with E-state index in [0.29, 0.717) is 0 Å². The highest BCUT2D eigenvalue weighted by Gasteiger charge is 2.10. The van der Waals surface area contributed by atoms with Gasteiger partial charge in [0.25, 0.3) is 0 Å². The molecule has 0 radical (unpaired) electrons. The van der Waals surface area contributed by atoms with Crippen LogP contribution < -0.4 is 0 Å². The molecule has 0 saturated carbocycles. The van der Waals surface area contributed by atoms with Gasteiger partial charge in [-0.15, -0.1) is 0 Å². The van der Waals surface area contributed by atoms with Crippen molar-refractivity contribution in [2.45, 2.75) is 46.0 Å². The van der Waals surface area contributed by atoms with Gasteiger partial charge in [-0.2, -0.15) is 0 Å². The average Bonchev–Trinajstić information content (AvgIpc) is 2.71. The summed E-state index contributed by atoms with van der Waals surface area (Å²) in [6.07, 6.45) is 6.19. The molecule has 0 heterocycles. The standard InChI is InChI=1S/C27H28/c1-3-4-5-10-17-25-20-22(2)21-27(24-15-11-7-12-16-24)26(25)19-18-23-13-8-6-9-14-23/h6-9,11-16,20-21H,3-5,10,17H2,1-2H3. The van der Waals surface area contributed by atoms with Gasteiger partial charge in [-0.05, 0) is 48.6 Å². The van der Waals surface area contributed by atoms with Crippen molar-refractivity contribution in [1.29, 1.82) is 0 Å². The quantitative estimate of drug-likeness (QED) is 0.325. The predicted molar refractivity (Wildman–Crippen MR) is 117 cm³/mol. The molecular formula is C27H28. The highest BCUT2D eigenvalue weighted by atomic mass is 14.1. The Balaban J connectivity index is 2.04. The molecule has 0 spiro atoms. The van der Waals surface area contributed by atoms with Gasteiger partial charge in [0.2, 0.25) is 0 Å². The molecule has 0 aliphatic carbocycles. The number of hydrogen-bond acceptors (Lipinski definition) is 0. The van der Waals surface area contributed by atoms with Crippen LogP contribution in [-0.4, -0.2) is 0 Å². The van der Waals surface area contributed by atoms with Crippen molar-refractivity contribution in [3.05, 3.63) is 95.1 Å². The van der Waals surface area contributed by atoms with Crippen molar-refractivity contribution in [3.8, 4) is 23.0 Å². The maximum Gasteiger partial charge on any atom is 0.0359 e. The van der Waals surface area contributed by atoms with E-state index in [1.807, 2.05) is 18.2 Å². The Bertz CT molecular complexity index is 909. The molecule has 0 aromatic heterocycles. The molecule has 0 aliphatic rings. The molecule has 0 aliphatic heterocycles. The first-order valence-corrected chi connectivity index (χ1v) is 10.0. The molecule has 0 atom stereocenters. The van der Waals surface area contributed by atoms with Crippen molar-refractivity contribution < 1.29 is 0 Å². The molecule has 0 unspecified atom stereocenters. The third-order valence-corrected chi connectivity index (χ3v) is 4.85. The monoisotopic (exact) mass is 352 g/mol. The first kappa shape index (κ1) is 19.0. The molecule has 3 rings (SSSR count). The average molecular weight is 353 g/mol. The molecule has 0 bridgehead atoms. The van der Waals surface area contributed by atoms with Crippen molar-refractivity contribution in [3.63, 3.8) is 0 Å². The van der Waals surface area contributed by atoms with Crippen LogP contribution in [0.5, 0.6) is 0 Å². The highest BCUT2D eigenvalue weighted by molar-refractivity contribution is 5.74. The van der Waals surface area contributed by atoms with Gasteiger partial charge < -0.3 is 0 Å². The third-order valence-electron chi connectivity index (χ3n) is 4.85. The van der Waals surface area contributed by atoms with Crippen LogP contribution in [0.1, 0.15) is 54.9 Å². The van der Waals surface area contributed by atoms with Crippen LogP contribution >= 0.6 is 0 Å². The summed E-state index contributed by atoms with van der Waals surface area (Å²) < 4.78 is 0. The molecular weight excluding hydrogens is 324 g/mol. The van der Waals surface area contributed by atoms with Crippen LogP contribution in [0.25, 0.3) is 11.1 Å². The lowest BCUT2D eigenvalue weighted by Gasteiger charge is -2.13. The molecule has 136 valence electrons. The van der Waals surface area contributed by atoms with E-state index < -0.39 is 0 Å². The first-order chi connectivity index (χ1) is 13.3. The van der Waals surface area contributed by atoms with Crippen LogP contribution in [0.4, 0.5) is 0 Å². The number of benzene rings is 3. The fourth-order valence-electron chi connectivity index (χ4n) is 3.45. The number of rotatable bonds is 6. The smallest absolute Gasteiger partial charge is 0.0359 e. The van der Waals surface area contributed by atoms with Crippen molar-refractivity contribution in [2.24, 2.45) is 0 Å². The number of hydrogen-bond donors (Lipinski definition) is 0. The van der Waals surface area contributed by atoms with E-state index in [4.69, 9.17) is 0 Å². The van der Waals surface area contributed by atoms with Crippen molar-refractivity contribution in [2.75, 3.05) is 0 Å². The lowest BCUT2D eigenvalue weighted by atomic mass is 9.90. The van der Waals surface area contributed by atoms with Crippen LogP contribution in [-0.2, 0) is 6.42 Å². The molecule has 0 heteroatoms. The SMILES string of the molecule is CCCCCCc1cc(C)cc(-c2ccccc2)c1C#Cc1ccccc1. The van der Waals surface area contributed by atoms with E-state index in [2.05, 4.69) is 80.3 Å². The van der Waals surface area contributed by atoms with Crippen molar-refractivity contribution >= 4 is 0 Å². The van der Waals surface area contributed by atoms with Crippen LogP contribution in [0, 0.1) is 18.8 Å². The van der Waals surface area contributed by atoms with Gasteiger partial charge in [0.15, 0.2) is 0 Å². The zero-order valence-electron chi connectivity index (χ0n) is 16.5. The van der Waals surface area contributed by atoms with Gasteiger partial charge in [0, 0.05) is 11.1 Å². The summed E-state index contributed by atoms with van der Waals surface area (Å²) in [6.45, 7) is 4.45. The molecule has 0 amide bonds. The fraction of sp³-hybridized carbons (Fsp3) is 0.259. The summed E-state index contributed by atoms with van der Waals surface area (Å²) in [7, 11) is 0. The first-order valence-electron chi connectivity index (χ1n) is 10.0. The van der Waals surface area contributed by atoms with E-state index in [1.54, 1.807) is 0 Å². The number of unbranched alkanes of at least 4 members (excludes halogenated alkanes) is 3. The largest absolute Gasteiger partial charge is 0.0654 e. The molecule has 3 aromatic rings. The minimum atomic E-state index is 1.06. The second-order valence-electron chi connectivity index (χ2n) is 7.14. The minimum absolute atomic E-state index is 1.06. The molecule has 27 heavy (non-hydrogen) atoms. The summed E-state index contributed by atoms with van der Waals surface area (Å²) in [4.78, 5) is 0. The summed E-state index contributed by atoms with van der Waals surface area (Å²) in [6, 6.07) is 25.5. The molecule has 0 fully saturated rings. The summed E-state index contributed by atoms with van der Waals surface area (Å²) in [5.41, 5.74) is 7.44. The summed E-state index contributed by atoms with van der Waals surface area (Å²) in [5, 5.41) is 0. The predicted octanol–water partition coefficient (Wildman–Crippen LogP) is 7.18.